The van der Waals surface area contributed by atoms with Gasteiger partial charge in [-0.15, -0.1) is 0 Å². The van der Waals surface area contributed by atoms with Crippen LogP contribution < -0.4 is 16.4 Å². The van der Waals surface area contributed by atoms with Crippen molar-refractivity contribution in [2.24, 2.45) is 0 Å². The van der Waals surface area contributed by atoms with Gasteiger partial charge in [-0.1, -0.05) is 26.0 Å². The molecule has 1 rings (SSSR count). The number of carbonyl (C=O) groups is 2. The fourth-order valence-electron chi connectivity index (χ4n) is 1.79. The summed E-state index contributed by atoms with van der Waals surface area (Å²) in [4.78, 5) is 22.9. The molecule has 1 amide bonds. The summed E-state index contributed by atoms with van der Waals surface area (Å²) >= 11 is 0. The molecule has 9 heteroatoms. The minimum absolute atomic E-state index is 0.157. The van der Waals surface area contributed by atoms with E-state index in [1.54, 1.807) is 20.8 Å². The van der Waals surface area contributed by atoms with E-state index in [0.29, 0.717) is 0 Å². The second-order valence-electron chi connectivity index (χ2n) is 6.03. The van der Waals surface area contributed by atoms with Gasteiger partial charge in [-0.05, 0) is 26.8 Å². The number of hydrogen-bond donors (Lipinski definition) is 4. The van der Waals surface area contributed by atoms with Gasteiger partial charge < -0.3 is 26.2 Å². The number of para-hydroxylation sites is 1. The summed E-state index contributed by atoms with van der Waals surface area (Å²) in [5, 5.41) is 14.0. The number of carbonyl (C=O) groups excluding carboxylic acids is 1. The molecule has 0 aliphatic carbocycles. The molecule has 0 saturated heterocycles. The number of aliphatic carboxylic acids is 1. The van der Waals surface area contributed by atoms with E-state index in [0.717, 1.165) is 0 Å². The summed E-state index contributed by atoms with van der Waals surface area (Å²) in [7, 11) is 0. The zero-order valence-electron chi connectivity index (χ0n) is 15.6. The highest BCUT2D eigenvalue weighted by atomic mass is 19.3. The molecule has 1 atom stereocenters. The minimum atomic E-state index is -2.75. The molecular formula is C17H27F2N3O4. The fourth-order valence-corrected chi connectivity index (χ4v) is 1.79. The lowest BCUT2D eigenvalue weighted by Gasteiger charge is -2.22. The zero-order chi connectivity index (χ0) is 20.5. The maximum Gasteiger partial charge on any atom is 0.408 e. The number of ether oxygens (including phenoxy) is 1. The van der Waals surface area contributed by atoms with Crippen molar-refractivity contribution < 1.29 is 28.2 Å². The maximum absolute atomic E-state index is 12.8. The monoisotopic (exact) mass is 375 g/mol. The second kappa shape index (κ2) is 10.4. The standard InChI is InChI=1S/C15H21F2N3O4.C2H6/c1-15(2,3)24-14(23)20-10(13(21)22)7-19-9-6-4-5-8(11(9)18)12(16)17;1-2/h4-6,10,12,19H,7,18H2,1-3H3,(H,20,23)(H,21,22);1-2H3. The Morgan fingerprint density at radius 3 is 2.31 bits per heavy atom. The Morgan fingerprint density at radius 1 is 1.27 bits per heavy atom. The van der Waals surface area contributed by atoms with Crippen LogP contribution in [0, 0.1) is 0 Å². The van der Waals surface area contributed by atoms with E-state index in [4.69, 9.17) is 15.6 Å². The Morgan fingerprint density at radius 2 is 1.85 bits per heavy atom. The van der Waals surface area contributed by atoms with Crippen LogP contribution in [0.1, 0.15) is 46.6 Å². The molecule has 5 N–H and O–H groups in total. The third-order valence-corrected chi connectivity index (χ3v) is 2.86. The van der Waals surface area contributed by atoms with Crippen molar-refractivity contribution in [3.05, 3.63) is 23.8 Å². The Balaban J connectivity index is 0.00000301. The number of alkyl halides is 2. The number of nitrogens with one attached hydrogen (secondary N) is 2. The molecule has 0 bridgehead atoms. The highest BCUT2D eigenvalue weighted by Gasteiger charge is 2.24. The number of nitrogens with two attached hydrogens (primary N) is 1. The second-order valence-corrected chi connectivity index (χ2v) is 6.03. The van der Waals surface area contributed by atoms with E-state index in [1.165, 1.54) is 18.2 Å². The van der Waals surface area contributed by atoms with Crippen LogP contribution in [0.5, 0.6) is 0 Å². The van der Waals surface area contributed by atoms with Crippen molar-refractivity contribution in [3.8, 4) is 0 Å². The fraction of sp³-hybridized carbons (Fsp3) is 0.529. The molecule has 26 heavy (non-hydrogen) atoms. The Kier molecular flexibility index (Phi) is 9.39. The summed E-state index contributed by atoms with van der Waals surface area (Å²) < 4.78 is 30.6. The SMILES string of the molecule is CC.CC(C)(C)OC(=O)NC(CNc1cccc(C(F)F)c1N)C(=O)O. The lowest BCUT2D eigenvalue weighted by molar-refractivity contribution is -0.139. The molecule has 0 aliphatic heterocycles. The van der Waals surface area contributed by atoms with Crippen LogP contribution in [-0.4, -0.2) is 35.4 Å². The van der Waals surface area contributed by atoms with E-state index in [2.05, 4.69) is 10.6 Å². The first-order valence-electron chi connectivity index (χ1n) is 8.14. The van der Waals surface area contributed by atoms with Gasteiger partial charge in [0, 0.05) is 12.1 Å². The molecule has 148 valence electrons. The van der Waals surface area contributed by atoms with Crippen molar-refractivity contribution in [3.63, 3.8) is 0 Å². The van der Waals surface area contributed by atoms with E-state index in [1.807, 2.05) is 13.8 Å². The number of amides is 1. The summed E-state index contributed by atoms with van der Waals surface area (Å²) in [6.45, 7) is 8.65. The van der Waals surface area contributed by atoms with E-state index in [9.17, 15) is 18.4 Å². The Labute approximate surface area is 151 Å². The maximum atomic E-state index is 12.8. The number of halogens is 2. The quantitative estimate of drug-likeness (QED) is 0.565. The molecule has 7 nitrogen and oxygen atoms in total. The number of rotatable bonds is 6. The predicted octanol–water partition coefficient (Wildman–Crippen LogP) is 3.62. The average Bonchev–Trinajstić information content (AvgIpc) is 2.52. The van der Waals surface area contributed by atoms with E-state index >= 15 is 0 Å². The van der Waals surface area contributed by atoms with E-state index < -0.39 is 30.1 Å². The third-order valence-electron chi connectivity index (χ3n) is 2.86. The topological polar surface area (TPSA) is 114 Å². The molecule has 1 aromatic carbocycles. The summed E-state index contributed by atoms with van der Waals surface area (Å²) in [5.74, 6) is -1.31. The summed E-state index contributed by atoms with van der Waals surface area (Å²) in [6, 6.07) is 2.67. The number of alkyl carbamates (subject to hydrolysis) is 1. The van der Waals surface area contributed by atoms with Crippen LogP contribution in [0.3, 0.4) is 0 Å². The van der Waals surface area contributed by atoms with Gasteiger partial charge in [0.1, 0.15) is 11.6 Å². The normalized spacial score (nSPS) is 11.8. The van der Waals surface area contributed by atoms with Gasteiger partial charge in [0.2, 0.25) is 0 Å². The molecule has 0 saturated carbocycles. The lowest BCUT2D eigenvalue weighted by Crippen LogP contribution is -2.47. The molecule has 0 fully saturated rings. The first kappa shape index (κ1) is 23.4. The van der Waals surface area contributed by atoms with E-state index in [-0.39, 0.29) is 23.5 Å². The number of anilines is 2. The van der Waals surface area contributed by atoms with Crippen molar-refractivity contribution in [2.75, 3.05) is 17.6 Å². The average molecular weight is 375 g/mol. The number of nitrogen functional groups attached to an aromatic ring is 1. The molecule has 1 unspecified atom stereocenters. The van der Waals surface area contributed by atoms with Gasteiger partial charge in [0.15, 0.2) is 0 Å². The molecule has 0 aromatic heterocycles. The highest BCUT2D eigenvalue weighted by Crippen LogP contribution is 2.30. The van der Waals surface area contributed by atoms with Gasteiger partial charge in [-0.3, -0.25) is 0 Å². The molecular weight excluding hydrogens is 348 g/mol. The summed E-state index contributed by atoms with van der Waals surface area (Å²) in [6.07, 6.45) is -3.65. The van der Waals surface area contributed by atoms with Crippen LogP contribution in [0.4, 0.5) is 25.0 Å². The number of hydrogen-bond acceptors (Lipinski definition) is 5. The van der Waals surface area contributed by atoms with Gasteiger partial charge in [-0.25, -0.2) is 18.4 Å². The van der Waals surface area contributed by atoms with Crippen LogP contribution >= 0.6 is 0 Å². The van der Waals surface area contributed by atoms with Gasteiger partial charge >= 0.3 is 12.1 Å². The molecule has 0 aliphatic rings. The smallest absolute Gasteiger partial charge is 0.408 e. The van der Waals surface area contributed by atoms with Crippen molar-refractivity contribution >= 4 is 23.4 Å². The van der Waals surface area contributed by atoms with Crippen LogP contribution in [0.15, 0.2) is 18.2 Å². The van der Waals surface area contributed by atoms with Gasteiger partial charge in [0.25, 0.3) is 6.43 Å². The molecule has 0 radical (unpaired) electrons. The molecule has 0 spiro atoms. The first-order valence-corrected chi connectivity index (χ1v) is 8.14. The van der Waals surface area contributed by atoms with Crippen LogP contribution in [0.25, 0.3) is 0 Å². The van der Waals surface area contributed by atoms with Crippen molar-refractivity contribution in [1.29, 1.82) is 0 Å². The largest absolute Gasteiger partial charge is 0.480 e. The Hall–Kier alpha value is -2.58. The summed E-state index contributed by atoms with van der Waals surface area (Å²) in [5.41, 5.74) is 4.48. The molecule has 1 aromatic rings. The number of benzene rings is 1. The van der Waals surface area contributed by atoms with Gasteiger partial charge in [0.05, 0.1) is 11.4 Å². The minimum Gasteiger partial charge on any atom is -0.480 e. The lowest BCUT2D eigenvalue weighted by atomic mass is 10.1. The van der Waals surface area contributed by atoms with Crippen molar-refractivity contribution in [1.82, 2.24) is 5.32 Å². The number of carboxylic acids is 1. The van der Waals surface area contributed by atoms with Gasteiger partial charge in [-0.2, -0.15) is 0 Å². The first-order chi connectivity index (χ1) is 12.0. The number of carboxylic acid groups (broad SMARTS) is 1. The van der Waals surface area contributed by atoms with Crippen LogP contribution in [0.2, 0.25) is 0 Å². The molecule has 0 heterocycles. The predicted molar refractivity (Wildman–Crippen MR) is 96.4 cm³/mol. The van der Waals surface area contributed by atoms with Crippen LogP contribution in [-0.2, 0) is 9.53 Å². The zero-order valence-corrected chi connectivity index (χ0v) is 15.6. The third kappa shape index (κ3) is 8.00. The Bertz CT molecular complexity index is 604. The highest BCUT2D eigenvalue weighted by molar-refractivity contribution is 5.81. The van der Waals surface area contributed by atoms with Crippen molar-refractivity contribution in [2.45, 2.75) is 52.7 Å².